The van der Waals surface area contributed by atoms with Crippen LogP contribution in [0.5, 0.6) is 0 Å². The number of sulfonamides is 1. The van der Waals surface area contributed by atoms with Crippen LogP contribution >= 0.6 is 0 Å². The topological polar surface area (TPSA) is 66.8 Å². The summed E-state index contributed by atoms with van der Waals surface area (Å²) in [6.07, 6.45) is 0.498. The lowest BCUT2D eigenvalue weighted by atomic mass is 10.2. The Morgan fingerprint density at radius 2 is 2.29 bits per heavy atom. The lowest BCUT2D eigenvalue weighted by Crippen LogP contribution is -2.30. The summed E-state index contributed by atoms with van der Waals surface area (Å²) in [5.74, 6) is 4.02. The molecule has 1 N–H and O–H groups in total. The first-order chi connectivity index (χ1) is 9.98. The number of halogens is 1. The van der Waals surface area contributed by atoms with Gasteiger partial charge in [-0.25, -0.2) is 12.8 Å². The average molecular weight is 313 g/mol. The predicted molar refractivity (Wildman–Crippen MR) is 74.5 cm³/mol. The Labute approximate surface area is 123 Å². The normalized spacial score (nSPS) is 19.3. The van der Waals surface area contributed by atoms with Crippen molar-refractivity contribution in [2.24, 2.45) is 0 Å². The monoisotopic (exact) mass is 313 g/mol. The SMILES string of the molecule is COC1CCN(S(=O)(=O)c2ccc(C#CCO)c(F)c2)C1. The first-order valence-corrected chi connectivity index (χ1v) is 7.85. The maximum atomic E-state index is 13.8. The van der Waals surface area contributed by atoms with Crippen LogP contribution in [0.25, 0.3) is 0 Å². The first-order valence-electron chi connectivity index (χ1n) is 6.41. The Morgan fingerprint density at radius 3 is 2.86 bits per heavy atom. The summed E-state index contributed by atoms with van der Waals surface area (Å²) < 4.78 is 45.1. The number of hydrogen-bond donors (Lipinski definition) is 1. The number of ether oxygens (including phenoxy) is 1. The lowest BCUT2D eigenvalue weighted by Gasteiger charge is -2.16. The van der Waals surface area contributed by atoms with Crippen molar-refractivity contribution in [1.82, 2.24) is 4.31 Å². The summed E-state index contributed by atoms with van der Waals surface area (Å²) in [7, 11) is -2.19. The van der Waals surface area contributed by atoms with Gasteiger partial charge in [0.2, 0.25) is 10.0 Å². The van der Waals surface area contributed by atoms with E-state index in [1.165, 1.54) is 23.5 Å². The highest BCUT2D eigenvalue weighted by Crippen LogP contribution is 2.23. The number of methoxy groups -OCH3 is 1. The minimum Gasteiger partial charge on any atom is -0.384 e. The summed E-state index contributed by atoms with van der Waals surface area (Å²) in [6, 6.07) is 3.57. The summed E-state index contributed by atoms with van der Waals surface area (Å²) in [5, 5.41) is 8.58. The predicted octanol–water partition coefficient (Wildman–Crippen LogP) is 0.579. The third-order valence-corrected chi connectivity index (χ3v) is 5.18. The van der Waals surface area contributed by atoms with Crippen LogP contribution in [0.1, 0.15) is 12.0 Å². The largest absolute Gasteiger partial charge is 0.384 e. The molecule has 1 aromatic carbocycles. The minimum absolute atomic E-state index is 0.0548. The Bertz CT molecular complexity index is 678. The maximum Gasteiger partial charge on any atom is 0.243 e. The summed E-state index contributed by atoms with van der Waals surface area (Å²) in [6.45, 7) is 0.243. The molecule has 114 valence electrons. The van der Waals surface area contributed by atoms with E-state index in [4.69, 9.17) is 9.84 Å². The molecule has 1 aromatic rings. The van der Waals surface area contributed by atoms with E-state index < -0.39 is 15.8 Å². The summed E-state index contributed by atoms with van der Waals surface area (Å²) in [4.78, 5) is -0.105. The van der Waals surface area contributed by atoms with E-state index in [1.54, 1.807) is 0 Å². The van der Waals surface area contributed by atoms with Crippen LogP contribution in [0.2, 0.25) is 0 Å². The fraction of sp³-hybridized carbons (Fsp3) is 0.429. The standard InChI is InChI=1S/C14H16FNO4S/c1-20-12-6-7-16(10-12)21(18,19)13-5-4-11(3-2-8-17)14(15)9-13/h4-5,9,12,17H,6-8,10H2,1H3. The van der Waals surface area contributed by atoms with Crippen molar-refractivity contribution in [2.45, 2.75) is 17.4 Å². The molecule has 21 heavy (non-hydrogen) atoms. The molecular formula is C14H16FNO4S. The van der Waals surface area contributed by atoms with Gasteiger partial charge >= 0.3 is 0 Å². The molecule has 1 saturated heterocycles. The van der Waals surface area contributed by atoms with Crippen LogP contribution in [0.4, 0.5) is 4.39 Å². The van der Waals surface area contributed by atoms with Crippen molar-refractivity contribution in [1.29, 1.82) is 0 Å². The van der Waals surface area contributed by atoms with Gasteiger partial charge in [0.05, 0.1) is 16.6 Å². The van der Waals surface area contributed by atoms with Gasteiger partial charge in [-0.05, 0) is 24.6 Å². The van der Waals surface area contributed by atoms with Gasteiger partial charge < -0.3 is 9.84 Å². The van der Waals surface area contributed by atoms with Gasteiger partial charge in [0.1, 0.15) is 12.4 Å². The van der Waals surface area contributed by atoms with E-state index in [9.17, 15) is 12.8 Å². The lowest BCUT2D eigenvalue weighted by molar-refractivity contribution is 0.115. The van der Waals surface area contributed by atoms with Crippen LogP contribution < -0.4 is 0 Å². The van der Waals surface area contributed by atoms with Crippen molar-refractivity contribution < 1.29 is 22.7 Å². The third kappa shape index (κ3) is 3.41. The zero-order valence-electron chi connectivity index (χ0n) is 11.5. The highest BCUT2D eigenvalue weighted by Gasteiger charge is 2.32. The minimum atomic E-state index is -3.73. The van der Waals surface area contributed by atoms with Gasteiger partial charge in [-0.15, -0.1) is 0 Å². The number of benzene rings is 1. The fourth-order valence-electron chi connectivity index (χ4n) is 2.15. The van der Waals surface area contributed by atoms with Crippen molar-refractivity contribution in [3.05, 3.63) is 29.6 Å². The molecule has 1 aliphatic heterocycles. The van der Waals surface area contributed by atoms with Gasteiger partial charge in [-0.2, -0.15) is 4.31 Å². The molecule has 5 nitrogen and oxygen atoms in total. The third-order valence-electron chi connectivity index (χ3n) is 3.32. The number of hydrogen-bond acceptors (Lipinski definition) is 4. The van der Waals surface area contributed by atoms with E-state index in [0.717, 1.165) is 6.07 Å². The molecule has 0 aromatic heterocycles. The zero-order valence-corrected chi connectivity index (χ0v) is 12.4. The zero-order chi connectivity index (χ0) is 15.5. The van der Waals surface area contributed by atoms with E-state index in [0.29, 0.717) is 13.0 Å². The molecule has 0 radical (unpaired) electrons. The molecular weight excluding hydrogens is 297 g/mol. The van der Waals surface area contributed by atoms with Gasteiger partial charge in [0.15, 0.2) is 0 Å². The summed E-state index contributed by atoms with van der Waals surface area (Å²) in [5.41, 5.74) is 0.0548. The van der Waals surface area contributed by atoms with Crippen molar-refractivity contribution in [3.63, 3.8) is 0 Å². The molecule has 1 aliphatic rings. The smallest absolute Gasteiger partial charge is 0.243 e. The molecule has 1 fully saturated rings. The Kier molecular flexibility index (Phi) is 4.96. The van der Waals surface area contributed by atoms with E-state index in [2.05, 4.69) is 11.8 Å². The highest BCUT2D eigenvalue weighted by molar-refractivity contribution is 7.89. The average Bonchev–Trinajstić information content (AvgIpc) is 2.95. The van der Waals surface area contributed by atoms with Gasteiger partial charge in [0, 0.05) is 20.2 Å². The van der Waals surface area contributed by atoms with Crippen LogP contribution in [0, 0.1) is 17.7 Å². The summed E-state index contributed by atoms with van der Waals surface area (Å²) >= 11 is 0. The molecule has 1 heterocycles. The van der Waals surface area contributed by atoms with Crippen molar-refractivity contribution in [3.8, 4) is 11.8 Å². The van der Waals surface area contributed by atoms with E-state index in [1.807, 2.05) is 0 Å². The van der Waals surface area contributed by atoms with Crippen molar-refractivity contribution in [2.75, 3.05) is 26.8 Å². The Balaban J connectivity index is 2.27. The molecule has 0 amide bonds. The molecule has 0 spiro atoms. The molecule has 1 atom stereocenters. The van der Waals surface area contributed by atoms with Crippen LogP contribution in [-0.2, 0) is 14.8 Å². The number of aliphatic hydroxyl groups excluding tert-OH is 1. The second-order valence-corrected chi connectivity index (χ2v) is 6.55. The molecule has 0 saturated carbocycles. The highest BCUT2D eigenvalue weighted by atomic mass is 32.2. The Hall–Kier alpha value is -1.46. The maximum absolute atomic E-state index is 13.8. The second-order valence-electron chi connectivity index (χ2n) is 4.61. The first kappa shape index (κ1) is 15.9. The van der Waals surface area contributed by atoms with Gasteiger partial charge in [-0.3, -0.25) is 0 Å². The fourth-order valence-corrected chi connectivity index (χ4v) is 3.65. The number of aliphatic hydroxyl groups is 1. The van der Waals surface area contributed by atoms with Crippen LogP contribution in [0.3, 0.4) is 0 Å². The van der Waals surface area contributed by atoms with Crippen LogP contribution in [-0.4, -0.2) is 50.7 Å². The van der Waals surface area contributed by atoms with Gasteiger partial charge in [0.25, 0.3) is 0 Å². The molecule has 0 bridgehead atoms. The van der Waals surface area contributed by atoms with E-state index >= 15 is 0 Å². The van der Waals surface area contributed by atoms with Gasteiger partial charge in [-0.1, -0.05) is 11.8 Å². The molecule has 0 aliphatic carbocycles. The number of rotatable bonds is 3. The molecule has 2 rings (SSSR count). The second kappa shape index (κ2) is 6.54. The van der Waals surface area contributed by atoms with Crippen LogP contribution in [0.15, 0.2) is 23.1 Å². The van der Waals surface area contributed by atoms with Crippen molar-refractivity contribution >= 4 is 10.0 Å². The van der Waals surface area contributed by atoms with E-state index in [-0.39, 0.29) is 29.7 Å². The molecule has 7 heteroatoms. The Morgan fingerprint density at radius 1 is 1.52 bits per heavy atom. The number of nitrogens with zero attached hydrogens (tertiary/aromatic N) is 1. The molecule has 1 unspecified atom stereocenters. The quantitative estimate of drug-likeness (QED) is 0.829.